The molecule has 1 atom stereocenters. The number of halogens is 2. The van der Waals surface area contributed by atoms with Crippen LogP contribution in [0.1, 0.15) is 29.2 Å². The Bertz CT molecular complexity index is 530. The Morgan fingerprint density at radius 2 is 2.18 bits per heavy atom. The number of nitrogens with zero attached hydrogens (tertiary/aromatic N) is 2. The van der Waals surface area contributed by atoms with E-state index in [-0.39, 0.29) is 5.56 Å². The molecular weight excluding hydrogens is 246 g/mol. The number of aliphatic hydroxyl groups excluding tert-OH is 1. The zero-order valence-corrected chi connectivity index (χ0v) is 9.84. The van der Waals surface area contributed by atoms with Gasteiger partial charge in [0.25, 0.3) is 0 Å². The van der Waals surface area contributed by atoms with Gasteiger partial charge >= 0.3 is 0 Å². The Kier molecular flexibility index (Phi) is 3.44. The largest absolute Gasteiger partial charge is 0.383 e. The van der Waals surface area contributed by atoms with Crippen molar-refractivity contribution in [3.05, 3.63) is 46.0 Å². The lowest BCUT2D eigenvalue weighted by Crippen LogP contribution is -2.04. The van der Waals surface area contributed by atoms with Crippen molar-refractivity contribution in [1.29, 1.82) is 0 Å². The van der Waals surface area contributed by atoms with Gasteiger partial charge in [-0.15, -0.1) is 5.10 Å². The smallest absolute Gasteiger partial charge is 0.129 e. The van der Waals surface area contributed by atoms with Gasteiger partial charge in [0.2, 0.25) is 0 Å². The average molecular weight is 256 g/mol. The Morgan fingerprint density at radius 1 is 1.41 bits per heavy atom. The second-order valence-corrected chi connectivity index (χ2v) is 4.29. The van der Waals surface area contributed by atoms with Crippen molar-refractivity contribution in [3.8, 4) is 0 Å². The minimum atomic E-state index is -1.22. The molecule has 1 unspecified atom stereocenters. The van der Waals surface area contributed by atoms with Crippen molar-refractivity contribution in [1.82, 2.24) is 9.59 Å². The maximum atomic E-state index is 13.5. The molecule has 0 radical (unpaired) electrons. The Hall–Kier alpha value is -1.40. The number of benzene rings is 1. The van der Waals surface area contributed by atoms with E-state index in [0.717, 1.165) is 29.7 Å². The van der Waals surface area contributed by atoms with Gasteiger partial charge in [-0.05, 0) is 36.2 Å². The summed E-state index contributed by atoms with van der Waals surface area (Å²) in [6, 6.07) is 2.99. The summed E-state index contributed by atoms with van der Waals surface area (Å²) in [5.74, 6) is -1.23. The molecule has 2 aromatic rings. The Balaban J connectivity index is 2.43. The molecule has 1 aromatic heterocycles. The molecule has 2 rings (SSSR count). The molecule has 6 heteroatoms. The SMILES string of the molecule is CCc1nnsc1C(O)c1cc(F)ccc1F. The highest BCUT2D eigenvalue weighted by atomic mass is 32.1. The molecule has 17 heavy (non-hydrogen) atoms. The zero-order chi connectivity index (χ0) is 12.4. The van der Waals surface area contributed by atoms with Crippen LogP contribution in [0.4, 0.5) is 8.78 Å². The number of aliphatic hydroxyl groups is 1. The first-order valence-electron chi connectivity index (χ1n) is 5.07. The topological polar surface area (TPSA) is 46.0 Å². The highest BCUT2D eigenvalue weighted by molar-refractivity contribution is 7.05. The first-order valence-corrected chi connectivity index (χ1v) is 5.85. The molecule has 0 aliphatic heterocycles. The Morgan fingerprint density at radius 3 is 2.88 bits per heavy atom. The molecule has 0 spiro atoms. The normalized spacial score (nSPS) is 12.7. The van der Waals surface area contributed by atoms with Gasteiger partial charge in [-0.2, -0.15) is 0 Å². The molecule has 0 saturated carbocycles. The molecule has 1 aromatic carbocycles. The lowest BCUT2D eigenvalue weighted by atomic mass is 10.1. The molecule has 1 heterocycles. The van der Waals surface area contributed by atoms with Gasteiger partial charge in [0.05, 0.1) is 10.6 Å². The molecule has 90 valence electrons. The van der Waals surface area contributed by atoms with Crippen LogP contribution >= 0.6 is 11.5 Å². The van der Waals surface area contributed by atoms with E-state index in [1.807, 2.05) is 6.92 Å². The van der Waals surface area contributed by atoms with Crippen molar-refractivity contribution in [3.63, 3.8) is 0 Å². The fourth-order valence-electron chi connectivity index (χ4n) is 1.53. The van der Waals surface area contributed by atoms with Crippen LogP contribution in [0.3, 0.4) is 0 Å². The Labute approximate surface area is 101 Å². The van der Waals surface area contributed by atoms with Crippen molar-refractivity contribution >= 4 is 11.5 Å². The van der Waals surface area contributed by atoms with E-state index in [1.165, 1.54) is 0 Å². The summed E-state index contributed by atoms with van der Waals surface area (Å²) in [5, 5.41) is 13.8. The van der Waals surface area contributed by atoms with Gasteiger partial charge in [0.15, 0.2) is 0 Å². The van der Waals surface area contributed by atoms with Crippen molar-refractivity contribution in [2.24, 2.45) is 0 Å². The van der Waals surface area contributed by atoms with Crippen LogP contribution in [0.2, 0.25) is 0 Å². The van der Waals surface area contributed by atoms with Gasteiger partial charge in [-0.25, -0.2) is 8.78 Å². The second-order valence-electron chi connectivity index (χ2n) is 3.51. The summed E-state index contributed by atoms with van der Waals surface area (Å²) in [6.07, 6.45) is -0.638. The molecule has 0 bridgehead atoms. The van der Waals surface area contributed by atoms with E-state index in [2.05, 4.69) is 9.59 Å². The number of rotatable bonds is 3. The summed E-state index contributed by atoms with van der Waals surface area (Å²) >= 11 is 0.991. The lowest BCUT2D eigenvalue weighted by molar-refractivity contribution is 0.217. The van der Waals surface area contributed by atoms with Crippen molar-refractivity contribution in [2.75, 3.05) is 0 Å². The van der Waals surface area contributed by atoms with Gasteiger partial charge in [-0.3, -0.25) is 0 Å². The van der Waals surface area contributed by atoms with E-state index in [9.17, 15) is 13.9 Å². The molecule has 0 amide bonds. The fourth-order valence-corrected chi connectivity index (χ4v) is 2.28. The van der Waals surface area contributed by atoms with E-state index in [0.29, 0.717) is 17.0 Å². The second kappa shape index (κ2) is 4.85. The molecule has 0 fully saturated rings. The minimum absolute atomic E-state index is 0.0919. The predicted molar refractivity (Wildman–Crippen MR) is 59.7 cm³/mol. The quantitative estimate of drug-likeness (QED) is 0.917. The van der Waals surface area contributed by atoms with Gasteiger partial charge in [0, 0.05) is 5.56 Å². The first-order chi connectivity index (χ1) is 8.13. The zero-order valence-electron chi connectivity index (χ0n) is 9.02. The summed E-state index contributed by atoms with van der Waals surface area (Å²) < 4.78 is 30.2. The fraction of sp³-hybridized carbons (Fsp3) is 0.273. The number of hydrogen-bond acceptors (Lipinski definition) is 4. The molecule has 3 nitrogen and oxygen atoms in total. The van der Waals surface area contributed by atoms with Crippen molar-refractivity contribution < 1.29 is 13.9 Å². The van der Waals surface area contributed by atoms with Crippen LogP contribution in [-0.2, 0) is 6.42 Å². The summed E-state index contributed by atoms with van der Waals surface area (Å²) in [7, 11) is 0. The number of aryl methyl sites for hydroxylation is 1. The predicted octanol–water partition coefficient (Wildman–Crippen LogP) is 2.46. The van der Waals surface area contributed by atoms with Crippen LogP contribution < -0.4 is 0 Å². The minimum Gasteiger partial charge on any atom is -0.383 e. The molecule has 0 aliphatic carbocycles. The molecule has 0 aliphatic rings. The average Bonchev–Trinajstić information content (AvgIpc) is 2.79. The third-order valence-electron chi connectivity index (χ3n) is 2.42. The first kappa shape index (κ1) is 12.1. The number of aromatic nitrogens is 2. The van der Waals surface area contributed by atoms with E-state index in [4.69, 9.17) is 0 Å². The van der Waals surface area contributed by atoms with Crippen molar-refractivity contribution in [2.45, 2.75) is 19.4 Å². The van der Waals surface area contributed by atoms with Crippen LogP contribution in [0.15, 0.2) is 18.2 Å². The van der Waals surface area contributed by atoms with Crippen LogP contribution in [-0.4, -0.2) is 14.7 Å². The maximum absolute atomic E-state index is 13.5. The monoisotopic (exact) mass is 256 g/mol. The third-order valence-corrected chi connectivity index (χ3v) is 3.24. The number of hydrogen-bond donors (Lipinski definition) is 1. The maximum Gasteiger partial charge on any atom is 0.129 e. The highest BCUT2D eigenvalue weighted by Gasteiger charge is 2.21. The molecule has 1 N–H and O–H groups in total. The summed E-state index contributed by atoms with van der Waals surface area (Å²) in [4.78, 5) is 0.456. The third kappa shape index (κ3) is 2.32. The van der Waals surface area contributed by atoms with Gasteiger partial charge in [-0.1, -0.05) is 11.4 Å². The van der Waals surface area contributed by atoms with E-state index in [1.54, 1.807) is 0 Å². The molecular formula is C11H10F2N2OS. The van der Waals surface area contributed by atoms with Crippen LogP contribution in [0, 0.1) is 11.6 Å². The highest BCUT2D eigenvalue weighted by Crippen LogP contribution is 2.29. The van der Waals surface area contributed by atoms with Gasteiger partial charge in [0.1, 0.15) is 17.7 Å². The van der Waals surface area contributed by atoms with Gasteiger partial charge < -0.3 is 5.11 Å². The summed E-state index contributed by atoms with van der Waals surface area (Å²) in [6.45, 7) is 1.86. The summed E-state index contributed by atoms with van der Waals surface area (Å²) in [5.41, 5.74) is 0.511. The van der Waals surface area contributed by atoms with Crippen LogP contribution in [0.25, 0.3) is 0 Å². The molecule has 0 saturated heterocycles. The standard InChI is InChI=1S/C11H10F2N2OS/c1-2-9-11(17-15-14-9)10(16)7-5-6(12)3-4-8(7)13/h3-5,10,16H,2H2,1H3. The van der Waals surface area contributed by atoms with E-state index < -0.39 is 17.7 Å². The van der Waals surface area contributed by atoms with E-state index >= 15 is 0 Å². The van der Waals surface area contributed by atoms with Crippen LogP contribution in [0.5, 0.6) is 0 Å². The lowest BCUT2D eigenvalue weighted by Gasteiger charge is -2.10.